The van der Waals surface area contributed by atoms with E-state index in [-0.39, 0.29) is 19.4 Å². The molecule has 24 heavy (non-hydrogen) atoms. The van der Waals surface area contributed by atoms with Gasteiger partial charge in [-0.25, -0.2) is 9.78 Å². The van der Waals surface area contributed by atoms with Crippen molar-refractivity contribution in [1.82, 2.24) is 20.2 Å². The molecule has 1 aromatic heterocycles. The Hall–Kier alpha value is -1.73. The van der Waals surface area contributed by atoms with E-state index in [9.17, 15) is 18.0 Å². The largest absolute Gasteiger partial charge is 0.391 e. The summed E-state index contributed by atoms with van der Waals surface area (Å²) in [6.45, 7) is 5.23. The minimum absolute atomic E-state index is 0.0428. The van der Waals surface area contributed by atoms with Gasteiger partial charge < -0.3 is 15.2 Å². The molecule has 0 unspecified atom stereocenters. The molecule has 1 saturated carbocycles. The number of rotatable bonds is 5. The molecule has 2 atom stereocenters. The highest BCUT2D eigenvalue weighted by molar-refractivity contribution is 5.74. The fourth-order valence-electron chi connectivity index (χ4n) is 3.08. The second-order valence-corrected chi connectivity index (χ2v) is 6.82. The van der Waals surface area contributed by atoms with Gasteiger partial charge in [0, 0.05) is 25.0 Å². The molecular weight excluding hydrogens is 321 g/mol. The first-order chi connectivity index (χ1) is 11.3. The van der Waals surface area contributed by atoms with Gasteiger partial charge in [0.2, 0.25) is 0 Å². The Balaban J connectivity index is 1.80. The third kappa shape index (κ3) is 5.42. The third-order valence-corrected chi connectivity index (χ3v) is 4.24. The smallest absolute Gasteiger partial charge is 0.335 e. The highest BCUT2D eigenvalue weighted by Crippen LogP contribution is 2.37. The van der Waals surface area contributed by atoms with E-state index in [4.69, 9.17) is 0 Å². The Kier molecular flexibility index (Phi) is 6.12. The molecule has 0 aromatic carbocycles. The minimum atomic E-state index is -4.18. The Labute approximate surface area is 140 Å². The van der Waals surface area contributed by atoms with Crippen LogP contribution in [-0.2, 0) is 13.1 Å². The molecule has 1 aliphatic carbocycles. The molecule has 0 spiro atoms. The van der Waals surface area contributed by atoms with Crippen molar-refractivity contribution in [2.24, 2.45) is 11.8 Å². The summed E-state index contributed by atoms with van der Waals surface area (Å²) in [5.74, 6) is -0.134. The number of hydrogen-bond donors (Lipinski definition) is 2. The Morgan fingerprint density at radius 3 is 2.83 bits per heavy atom. The molecule has 0 aliphatic heterocycles. The number of amides is 2. The number of aromatic nitrogens is 2. The van der Waals surface area contributed by atoms with Crippen LogP contribution in [0, 0.1) is 11.8 Å². The molecule has 2 rings (SSSR count). The molecular formula is C16H25F3N4O. The van der Waals surface area contributed by atoms with Crippen molar-refractivity contribution >= 4 is 6.03 Å². The number of alkyl halides is 3. The van der Waals surface area contributed by atoms with E-state index in [1.54, 1.807) is 6.20 Å². The second-order valence-electron chi connectivity index (χ2n) is 6.82. The minimum Gasteiger partial charge on any atom is -0.335 e. The average molecular weight is 346 g/mol. The van der Waals surface area contributed by atoms with Gasteiger partial charge in [-0.3, -0.25) is 0 Å². The van der Waals surface area contributed by atoms with Crippen molar-refractivity contribution in [3.8, 4) is 0 Å². The van der Waals surface area contributed by atoms with Crippen LogP contribution in [0.5, 0.6) is 0 Å². The maximum Gasteiger partial charge on any atom is 0.391 e. The van der Waals surface area contributed by atoms with Gasteiger partial charge in [-0.2, -0.15) is 13.2 Å². The van der Waals surface area contributed by atoms with E-state index < -0.39 is 24.2 Å². The summed E-state index contributed by atoms with van der Waals surface area (Å²) in [5, 5.41) is 5.34. The van der Waals surface area contributed by atoms with E-state index in [1.165, 1.54) is 0 Å². The van der Waals surface area contributed by atoms with Gasteiger partial charge >= 0.3 is 12.2 Å². The monoisotopic (exact) mass is 346 g/mol. The summed E-state index contributed by atoms with van der Waals surface area (Å²) in [7, 11) is 0. The lowest BCUT2D eigenvalue weighted by molar-refractivity contribution is -0.183. The van der Waals surface area contributed by atoms with E-state index in [0.29, 0.717) is 18.8 Å². The summed E-state index contributed by atoms with van der Waals surface area (Å²) in [6.07, 6.45) is 0.513. The molecule has 0 saturated heterocycles. The predicted molar refractivity (Wildman–Crippen MR) is 84.2 cm³/mol. The summed E-state index contributed by atoms with van der Waals surface area (Å²) in [6, 6.07) is -0.872. The summed E-state index contributed by atoms with van der Waals surface area (Å²) >= 11 is 0. The van der Waals surface area contributed by atoms with Crippen molar-refractivity contribution in [1.29, 1.82) is 0 Å². The van der Waals surface area contributed by atoms with Crippen LogP contribution >= 0.6 is 0 Å². The summed E-state index contributed by atoms with van der Waals surface area (Å²) in [4.78, 5) is 16.2. The summed E-state index contributed by atoms with van der Waals surface area (Å²) < 4.78 is 40.3. The van der Waals surface area contributed by atoms with Crippen molar-refractivity contribution in [3.05, 3.63) is 18.2 Å². The molecule has 0 radical (unpaired) electrons. The van der Waals surface area contributed by atoms with Crippen LogP contribution in [0.2, 0.25) is 0 Å². The van der Waals surface area contributed by atoms with E-state index in [2.05, 4.69) is 29.5 Å². The van der Waals surface area contributed by atoms with Gasteiger partial charge in [0.05, 0.1) is 12.5 Å². The Bertz CT molecular complexity index is 542. The van der Waals surface area contributed by atoms with E-state index >= 15 is 0 Å². The molecule has 0 bridgehead atoms. The molecule has 1 aromatic rings. The number of nitrogens with zero attached hydrogens (tertiary/aromatic N) is 2. The van der Waals surface area contributed by atoms with Crippen LogP contribution in [0.3, 0.4) is 0 Å². The van der Waals surface area contributed by atoms with Crippen LogP contribution < -0.4 is 10.6 Å². The lowest BCUT2D eigenvalue weighted by Crippen LogP contribution is -2.45. The maximum atomic E-state index is 12.8. The lowest BCUT2D eigenvalue weighted by atomic mass is 9.85. The highest BCUT2D eigenvalue weighted by atomic mass is 19.4. The topological polar surface area (TPSA) is 59.0 Å². The predicted octanol–water partition coefficient (Wildman–Crippen LogP) is 3.46. The maximum absolute atomic E-state index is 12.8. The van der Waals surface area contributed by atoms with Crippen molar-refractivity contribution < 1.29 is 18.0 Å². The number of imidazole rings is 1. The Morgan fingerprint density at radius 1 is 1.42 bits per heavy atom. The molecule has 1 aliphatic rings. The number of halogens is 3. The van der Waals surface area contributed by atoms with Gasteiger partial charge in [0.15, 0.2) is 0 Å². The zero-order valence-corrected chi connectivity index (χ0v) is 14.1. The average Bonchev–Trinajstić information content (AvgIpc) is 2.91. The van der Waals surface area contributed by atoms with Crippen LogP contribution in [0.1, 0.15) is 45.4 Å². The number of hydrogen-bond acceptors (Lipinski definition) is 2. The van der Waals surface area contributed by atoms with Crippen LogP contribution in [-0.4, -0.2) is 27.8 Å². The van der Waals surface area contributed by atoms with Gasteiger partial charge in [-0.05, 0) is 25.2 Å². The first kappa shape index (κ1) is 18.6. The quantitative estimate of drug-likeness (QED) is 0.858. The number of nitrogens with one attached hydrogen (secondary N) is 2. The standard InChI is InChI=1S/C16H25F3N4O/c1-11(2)10-23-7-6-20-14(23)9-21-15(24)22-13-5-3-4-12(8-13)16(17,18)19/h6-7,11-13H,3-5,8-10H2,1-2H3,(H2,21,22,24)/t12-,13-/m1/s1. The molecule has 2 N–H and O–H groups in total. The van der Waals surface area contributed by atoms with Gasteiger partial charge in [0.25, 0.3) is 0 Å². The zero-order valence-electron chi connectivity index (χ0n) is 14.1. The molecule has 1 heterocycles. The molecule has 136 valence electrons. The highest BCUT2D eigenvalue weighted by Gasteiger charge is 2.42. The van der Waals surface area contributed by atoms with Crippen LogP contribution in [0.15, 0.2) is 12.4 Å². The molecule has 8 heteroatoms. The number of carbonyl (C=O) groups excluding carboxylic acids is 1. The second kappa shape index (κ2) is 7.90. The SMILES string of the molecule is CC(C)Cn1ccnc1CNC(=O)N[C@@H]1CCC[C@@H](C(F)(F)F)C1. The van der Waals surface area contributed by atoms with Crippen molar-refractivity contribution in [2.45, 2.75) is 64.8 Å². The van der Waals surface area contributed by atoms with Crippen LogP contribution in [0.4, 0.5) is 18.0 Å². The van der Waals surface area contributed by atoms with Crippen molar-refractivity contribution in [3.63, 3.8) is 0 Å². The Morgan fingerprint density at radius 2 is 2.17 bits per heavy atom. The number of carbonyl (C=O) groups is 1. The van der Waals surface area contributed by atoms with Crippen molar-refractivity contribution in [2.75, 3.05) is 0 Å². The lowest BCUT2D eigenvalue weighted by Gasteiger charge is -2.31. The fraction of sp³-hybridized carbons (Fsp3) is 0.750. The normalized spacial score (nSPS) is 21.8. The summed E-state index contributed by atoms with van der Waals surface area (Å²) in [5.41, 5.74) is 0. The first-order valence-corrected chi connectivity index (χ1v) is 8.36. The zero-order chi connectivity index (χ0) is 17.7. The fourth-order valence-corrected chi connectivity index (χ4v) is 3.08. The van der Waals surface area contributed by atoms with Gasteiger partial charge in [-0.15, -0.1) is 0 Å². The number of urea groups is 1. The molecule has 5 nitrogen and oxygen atoms in total. The molecule has 2 amide bonds. The van der Waals surface area contributed by atoms with E-state index in [1.807, 2.05) is 10.8 Å². The van der Waals surface area contributed by atoms with Gasteiger partial charge in [-0.1, -0.05) is 20.3 Å². The van der Waals surface area contributed by atoms with Crippen LogP contribution in [0.25, 0.3) is 0 Å². The first-order valence-electron chi connectivity index (χ1n) is 8.36. The van der Waals surface area contributed by atoms with Gasteiger partial charge in [0.1, 0.15) is 5.82 Å². The van der Waals surface area contributed by atoms with E-state index in [0.717, 1.165) is 12.4 Å². The molecule has 1 fully saturated rings. The third-order valence-electron chi connectivity index (χ3n) is 4.24.